The summed E-state index contributed by atoms with van der Waals surface area (Å²) in [6, 6.07) is 8.16. The van der Waals surface area contributed by atoms with Crippen LogP contribution in [0, 0.1) is 3.57 Å². The van der Waals surface area contributed by atoms with Crippen molar-refractivity contribution in [1.29, 1.82) is 0 Å². The van der Waals surface area contributed by atoms with Crippen LogP contribution in [0.1, 0.15) is 19.3 Å². The van der Waals surface area contributed by atoms with E-state index in [0.29, 0.717) is 0 Å². The molecule has 2 fully saturated rings. The fourth-order valence-corrected chi connectivity index (χ4v) is 3.81. The van der Waals surface area contributed by atoms with Gasteiger partial charge in [-0.25, -0.2) is 0 Å². The standard InChI is InChI=1S/C14H18INO2/c15-11-3-1-4-12(7-11)18-13-8-14(10-17)5-2-6-16(14)9-13/h1,3-4,7,13,17H,2,5-6,8-10H2/t13-,14-/m1/s1. The maximum Gasteiger partial charge on any atom is 0.120 e. The first kappa shape index (κ1) is 12.7. The van der Waals surface area contributed by atoms with Crippen molar-refractivity contribution < 1.29 is 9.84 Å². The van der Waals surface area contributed by atoms with Crippen molar-refractivity contribution in [3.63, 3.8) is 0 Å². The average Bonchev–Trinajstić information content (AvgIpc) is 2.85. The summed E-state index contributed by atoms with van der Waals surface area (Å²) in [5.41, 5.74) is 0.00655. The second-order valence-corrected chi connectivity index (χ2v) is 6.58. The van der Waals surface area contributed by atoms with Gasteiger partial charge >= 0.3 is 0 Å². The quantitative estimate of drug-likeness (QED) is 0.841. The van der Waals surface area contributed by atoms with Gasteiger partial charge in [0.1, 0.15) is 11.9 Å². The highest BCUT2D eigenvalue weighted by Crippen LogP contribution is 2.39. The van der Waals surface area contributed by atoms with Crippen molar-refractivity contribution in [3.8, 4) is 5.75 Å². The topological polar surface area (TPSA) is 32.7 Å². The van der Waals surface area contributed by atoms with Crippen LogP contribution in [-0.4, -0.2) is 41.3 Å². The third-order valence-corrected chi connectivity index (χ3v) is 4.84. The number of rotatable bonds is 3. The zero-order valence-corrected chi connectivity index (χ0v) is 12.5. The maximum absolute atomic E-state index is 9.66. The van der Waals surface area contributed by atoms with Gasteiger partial charge in [0.15, 0.2) is 0 Å². The second kappa shape index (κ2) is 4.98. The van der Waals surface area contributed by atoms with Gasteiger partial charge in [-0.15, -0.1) is 0 Å². The lowest BCUT2D eigenvalue weighted by atomic mass is 9.94. The number of halogens is 1. The monoisotopic (exact) mass is 359 g/mol. The molecule has 3 rings (SSSR count). The Morgan fingerprint density at radius 2 is 2.39 bits per heavy atom. The normalized spacial score (nSPS) is 31.6. The number of nitrogens with zero attached hydrogens (tertiary/aromatic N) is 1. The van der Waals surface area contributed by atoms with Crippen LogP contribution in [-0.2, 0) is 0 Å². The Morgan fingerprint density at radius 3 is 3.11 bits per heavy atom. The molecule has 2 atom stereocenters. The molecule has 2 heterocycles. The smallest absolute Gasteiger partial charge is 0.120 e. The average molecular weight is 359 g/mol. The number of fused-ring (bicyclic) bond motifs is 1. The van der Waals surface area contributed by atoms with Gasteiger partial charge in [-0.2, -0.15) is 0 Å². The lowest BCUT2D eigenvalue weighted by Gasteiger charge is -2.28. The molecule has 98 valence electrons. The predicted molar refractivity (Wildman–Crippen MR) is 78.8 cm³/mol. The fraction of sp³-hybridized carbons (Fsp3) is 0.571. The first-order chi connectivity index (χ1) is 8.72. The third kappa shape index (κ3) is 2.26. The number of hydrogen-bond donors (Lipinski definition) is 1. The van der Waals surface area contributed by atoms with E-state index in [1.807, 2.05) is 12.1 Å². The van der Waals surface area contributed by atoms with Crippen LogP contribution < -0.4 is 4.74 Å². The molecule has 0 amide bonds. The van der Waals surface area contributed by atoms with Gasteiger partial charge < -0.3 is 9.84 Å². The summed E-state index contributed by atoms with van der Waals surface area (Å²) in [5.74, 6) is 0.946. The first-order valence-corrected chi connectivity index (χ1v) is 7.58. The predicted octanol–water partition coefficient (Wildman–Crippen LogP) is 2.27. The van der Waals surface area contributed by atoms with Crippen molar-refractivity contribution >= 4 is 22.6 Å². The molecule has 1 N–H and O–H groups in total. The van der Waals surface area contributed by atoms with Gasteiger partial charge in [-0.1, -0.05) is 6.07 Å². The molecular weight excluding hydrogens is 341 g/mol. The first-order valence-electron chi connectivity index (χ1n) is 6.50. The largest absolute Gasteiger partial charge is 0.489 e. The molecule has 0 bridgehead atoms. The van der Waals surface area contributed by atoms with E-state index >= 15 is 0 Å². The van der Waals surface area contributed by atoms with Gasteiger partial charge in [0.25, 0.3) is 0 Å². The molecule has 2 aliphatic rings. The number of hydrogen-bond acceptors (Lipinski definition) is 3. The molecule has 18 heavy (non-hydrogen) atoms. The number of ether oxygens (including phenoxy) is 1. The van der Waals surface area contributed by atoms with E-state index in [0.717, 1.165) is 31.7 Å². The molecule has 2 aliphatic heterocycles. The van der Waals surface area contributed by atoms with Crippen molar-refractivity contribution in [2.45, 2.75) is 30.9 Å². The molecule has 0 saturated carbocycles. The fourth-order valence-electron chi connectivity index (χ4n) is 3.30. The number of aliphatic hydroxyl groups is 1. The molecule has 0 spiro atoms. The summed E-state index contributed by atoms with van der Waals surface area (Å²) >= 11 is 2.30. The van der Waals surface area contributed by atoms with Gasteiger partial charge in [0.05, 0.1) is 6.61 Å². The highest BCUT2D eigenvalue weighted by atomic mass is 127. The van der Waals surface area contributed by atoms with Crippen LogP contribution in [0.4, 0.5) is 0 Å². The second-order valence-electron chi connectivity index (χ2n) is 5.33. The van der Waals surface area contributed by atoms with Crippen LogP contribution in [0.2, 0.25) is 0 Å². The van der Waals surface area contributed by atoms with E-state index in [4.69, 9.17) is 4.74 Å². The minimum atomic E-state index is 0.00655. The highest BCUT2D eigenvalue weighted by molar-refractivity contribution is 14.1. The Labute approximate surface area is 121 Å². The lowest BCUT2D eigenvalue weighted by Crippen LogP contribution is -2.41. The van der Waals surface area contributed by atoms with E-state index in [2.05, 4.69) is 39.6 Å². The molecule has 0 radical (unpaired) electrons. The highest BCUT2D eigenvalue weighted by Gasteiger charge is 2.48. The molecule has 0 aromatic heterocycles. The Kier molecular flexibility index (Phi) is 3.51. The van der Waals surface area contributed by atoms with E-state index in [-0.39, 0.29) is 18.2 Å². The number of aliphatic hydroxyl groups excluding tert-OH is 1. The maximum atomic E-state index is 9.66. The molecule has 0 unspecified atom stereocenters. The molecule has 1 aromatic carbocycles. The molecule has 1 aromatic rings. The summed E-state index contributed by atoms with van der Waals surface area (Å²) in [6.07, 6.45) is 3.48. The van der Waals surface area contributed by atoms with Crippen LogP contribution in [0.3, 0.4) is 0 Å². The van der Waals surface area contributed by atoms with Crippen LogP contribution >= 0.6 is 22.6 Å². The number of benzene rings is 1. The Morgan fingerprint density at radius 1 is 1.50 bits per heavy atom. The summed E-state index contributed by atoms with van der Waals surface area (Å²) in [5, 5.41) is 9.66. The summed E-state index contributed by atoms with van der Waals surface area (Å²) in [6.45, 7) is 2.32. The van der Waals surface area contributed by atoms with Gasteiger partial charge in [-0.3, -0.25) is 4.90 Å². The van der Waals surface area contributed by atoms with Crippen LogP contribution in [0.15, 0.2) is 24.3 Å². The van der Waals surface area contributed by atoms with Crippen molar-refractivity contribution in [1.82, 2.24) is 4.90 Å². The van der Waals surface area contributed by atoms with Crippen molar-refractivity contribution in [3.05, 3.63) is 27.8 Å². The Bertz CT molecular complexity index is 440. The van der Waals surface area contributed by atoms with Crippen LogP contribution in [0.5, 0.6) is 5.75 Å². The molecular formula is C14H18INO2. The SMILES string of the molecule is OC[C@]12CCCN1C[C@H](Oc1cccc(I)c1)C2. The minimum absolute atomic E-state index is 0.00655. The minimum Gasteiger partial charge on any atom is -0.489 e. The van der Waals surface area contributed by atoms with Crippen molar-refractivity contribution in [2.75, 3.05) is 19.7 Å². The van der Waals surface area contributed by atoms with Crippen LogP contribution in [0.25, 0.3) is 0 Å². The molecule has 3 nitrogen and oxygen atoms in total. The van der Waals surface area contributed by atoms with Gasteiger partial charge in [-0.05, 0) is 60.2 Å². The van der Waals surface area contributed by atoms with Gasteiger partial charge in [0, 0.05) is 22.1 Å². The Balaban J connectivity index is 1.69. The van der Waals surface area contributed by atoms with E-state index < -0.39 is 0 Å². The summed E-state index contributed by atoms with van der Waals surface area (Å²) in [7, 11) is 0. The summed E-state index contributed by atoms with van der Waals surface area (Å²) in [4.78, 5) is 2.41. The molecule has 4 heteroatoms. The molecule has 2 saturated heterocycles. The molecule has 0 aliphatic carbocycles. The van der Waals surface area contributed by atoms with Crippen molar-refractivity contribution in [2.24, 2.45) is 0 Å². The summed E-state index contributed by atoms with van der Waals surface area (Å²) < 4.78 is 7.26. The van der Waals surface area contributed by atoms with E-state index in [1.54, 1.807) is 0 Å². The zero-order valence-electron chi connectivity index (χ0n) is 10.3. The Hall–Kier alpha value is -0.330. The third-order valence-electron chi connectivity index (χ3n) is 4.17. The van der Waals surface area contributed by atoms with E-state index in [1.165, 1.54) is 9.99 Å². The van der Waals surface area contributed by atoms with Gasteiger partial charge in [0.2, 0.25) is 0 Å². The lowest BCUT2D eigenvalue weighted by molar-refractivity contribution is 0.0993. The zero-order chi connectivity index (χ0) is 12.6. The van der Waals surface area contributed by atoms with E-state index in [9.17, 15) is 5.11 Å².